The minimum atomic E-state index is -0.478. The first-order chi connectivity index (χ1) is 12.3. The van der Waals surface area contributed by atoms with Crippen LogP contribution in [0.15, 0.2) is 24.3 Å². The zero-order valence-electron chi connectivity index (χ0n) is 17.0. The number of esters is 1. The summed E-state index contributed by atoms with van der Waals surface area (Å²) in [5.74, 6) is -0.256. The van der Waals surface area contributed by atoms with Gasteiger partial charge in [0.25, 0.3) is 0 Å². The minimum Gasteiger partial charge on any atom is -0.456 e. The number of carbonyl (C=O) groups excluding carboxylic acids is 1. The maximum Gasteiger partial charge on any atom is 0.338 e. The van der Waals surface area contributed by atoms with Crippen LogP contribution in [-0.4, -0.2) is 54.6 Å². The molecule has 0 spiro atoms. The van der Waals surface area contributed by atoms with Gasteiger partial charge in [-0.25, -0.2) is 4.79 Å². The third-order valence-corrected chi connectivity index (χ3v) is 4.52. The summed E-state index contributed by atoms with van der Waals surface area (Å²) in [5, 5.41) is 0. The number of likely N-dealkylation sites (N-methyl/N-ethyl adjacent to an activating group) is 1. The van der Waals surface area contributed by atoms with E-state index in [-0.39, 0.29) is 5.97 Å². The van der Waals surface area contributed by atoms with Crippen molar-refractivity contribution in [2.75, 3.05) is 33.2 Å². The molecule has 1 aromatic rings. The largest absolute Gasteiger partial charge is 0.456 e. The molecular formula is C22H34N2O2. The quantitative estimate of drug-likeness (QED) is 0.714. The van der Waals surface area contributed by atoms with Crippen molar-refractivity contribution in [2.24, 2.45) is 0 Å². The van der Waals surface area contributed by atoms with Gasteiger partial charge >= 0.3 is 5.97 Å². The molecule has 1 aliphatic rings. The standard InChI is InChI=1S/C22H34N2O2/c1-6-7-8-9-18-16-19(21(25)26-22(2,3)4)10-11-20(18)17-24-14-12-23(5)13-15-24/h8-11,16H,6-7,12-15,17H2,1-5H3/b9-8+. The number of carbonyl (C=O) groups is 1. The van der Waals surface area contributed by atoms with Gasteiger partial charge in [-0.2, -0.15) is 0 Å². The van der Waals surface area contributed by atoms with Crippen LogP contribution in [0.4, 0.5) is 0 Å². The van der Waals surface area contributed by atoms with Crippen molar-refractivity contribution in [3.05, 3.63) is 41.0 Å². The number of rotatable bonds is 6. The fourth-order valence-corrected chi connectivity index (χ4v) is 2.98. The second-order valence-electron chi connectivity index (χ2n) is 8.19. The summed E-state index contributed by atoms with van der Waals surface area (Å²) in [5.41, 5.74) is 2.54. The van der Waals surface area contributed by atoms with E-state index in [0.29, 0.717) is 5.56 Å². The van der Waals surface area contributed by atoms with Gasteiger partial charge in [-0.15, -0.1) is 0 Å². The molecule has 4 heteroatoms. The van der Waals surface area contributed by atoms with Crippen molar-refractivity contribution in [3.8, 4) is 0 Å². The van der Waals surface area contributed by atoms with Gasteiger partial charge in [0, 0.05) is 32.7 Å². The Kier molecular flexibility index (Phi) is 7.42. The molecule has 0 aromatic heterocycles. The van der Waals surface area contributed by atoms with Gasteiger partial charge < -0.3 is 9.64 Å². The van der Waals surface area contributed by atoms with E-state index in [1.54, 1.807) is 0 Å². The number of piperazine rings is 1. The van der Waals surface area contributed by atoms with E-state index in [9.17, 15) is 4.79 Å². The summed E-state index contributed by atoms with van der Waals surface area (Å²) < 4.78 is 5.53. The van der Waals surface area contributed by atoms with E-state index >= 15 is 0 Å². The minimum absolute atomic E-state index is 0.256. The number of nitrogens with zero attached hydrogens (tertiary/aromatic N) is 2. The smallest absolute Gasteiger partial charge is 0.338 e. The van der Waals surface area contributed by atoms with E-state index < -0.39 is 5.60 Å². The summed E-state index contributed by atoms with van der Waals surface area (Å²) in [7, 11) is 2.17. The van der Waals surface area contributed by atoms with Gasteiger partial charge in [-0.05, 0) is 57.5 Å². The number of unbranched alkanes of at least 4 members (excludes halogenated alkanes) is 1. The van der Waals surface area contributed by atoms with E-state index in [1.165, 1.54) is 5.56 Å². The van der Waals surface area contributed by atoms with Crippen molar-refractivity contribution >= 4 is 12.0 Å². The number of hydrogen-bond donors (Lipinski definition) is 0. The molecule has 0 bridgehead atoms. The van der Waals surface area contributed by atoms with Crippen LogP contribution in [0.2, 0.25) is 0 Å². The molecule has 0 N–H and O–H groups in total. The molecule has 0 aliphatic carbocycles. The zero-order chi connectivity index (χ0) is 19.2. The van der Waals surface area contributed by atoms with Crippen LogP contribution >= 0.6 is 0 Å². The van der Waals surface area contributed by atoms with E-state index in [2.05, 4.69) is 42.0 Å². The third-order valence-electron chi connectivity index (χ3n) is 4.52. The lowest BCUT2D eigenvalue weighted by molar-refractivity contribution is 0.00694. The maximum absolute atomic E-state index is 12.4. The van der Waals surface area contributed by atoms with Gasteiger partial charge in [0.2, 0.25) is 0 Å². The van der Waals surface area contributed by atoms with Crippen LogP contribution in [0, 0.1) is 0 Å². The summed E-state index contributed by atoms with van der Waals surface area (Å²) in [4.78, 5) is 17.3. The average Bonchev–Trinajstić information content (AvgIpc) is 2.57. The average molecular weight is 359 g/mol. The number of allylic oxidation sites excluding steroid dienone is 1. The van der Waals surface area contributed by atoms with Crippen molar-refractivity contribution in [1.29, 1.82) is 0 Å². The Balaban J connectivity index is 2.19. The first-order valence-corrected chi connectivity index (χ1v) is 9.72. The van der Waals surface area contributed by atoms with Gasteiger partial charge in [0.1, 0.15) is 5.60 Å². The van der Waals surface area contributed by atoms with Crippen LogP contribution in [-0.2, 0) is 11.3 Å². The number of ether oxygens (including phenoxy) is 1. The van der Waals surface area contributed by atoms with E-state index in [4.69, 9.17) is 4.74 Å². The molecule has 0 saturated carbocycles. The molecule has 1 saturated heterocycles. The first-order valence-electron chi connectivity index (χ1n) is 9.72. The Bertz CT molecular complexity index is 624. The van der Waals surface area contributed by atoms with Crippen molar-refractivity contribution in [1.82, 2.24) is 9.80 Å². The van der Waals surface area contributed by atoms with Gasteiger partial charge in [-0.1, -0.05) is 31.6 Å². The predicted molar refractivity (Wildman–Crippen MR) is 108 cm³/mol. The monoisotopic (exact) mass is 358 g/mol. The molecule has 0 unspecified atom stereocenters. The highest BCUT2D eigenvalue weighted by Crippen LogP contribution is 2.20. The molecule has 26 heavy (non-hydrogen) atoms. The molecule has 1 aliphatic heterocycles. The fourth-order valence-electron chi connectivity index (χ4n) is 2.98. The fraction of sp³-hybridized carbons (Fsp3) is 0.591. The topological polar surface area (TPSA) is 32.8 Å². The molecule has 1 fully saturated rings. The molecule has 1 heterocycles. The molecule has 2 rings (SSSR count). The molecular weight excluding hydrogens is 324 g/mol. The molecule has 0 atom stereocenters. The van der Waals surface area contributed by atoms with Crippen LogP contribution in [0.5, 0.6) is 0 Å². The molecule has 0 amide bonds. The normalized spacial score (nSPS) is 17.0. The number of benzene rings is 1. The summed E-state index contributed by atoms with van der Waals surface area (Å²) in [6.07, 6.45) is 6.52. The highest BCUT2D eigenvalue weighted by Gasteiger charge is 2.19. The van der Waals surface area contributed by atoms with Crippen molar-refractivity contribution in [3.63, 3.8) is 0 Å². The molecule has 0 radical (unpaired) electrons. The van der Waals surface area contributed by atoms with E-state index in [1.807, 2.05) is 32.9 Å². The third kappa shape index (κ3) is 6.58. The summed E-state index contributed by atoms with van der Waals surface area (Å²) in [6, 6.07) is 5.96. The van der Waals surface area contributed by atoms with Gasteiger partial charge in [0.15, 0.2) is 0 Å². The predicted octanol–water partition coefficient (Wildman–Crippen LogP) is 4.20. The second-order valence-corrected chi connectivity index (χ2v) is 8.19. The first kappa shape index (κ1) is 20.7. The molecule has 144 valence electrons. The van der Waals surface area contributed by atoms with Crippen LogP contribution in [0.1, 0.15) is 62.0 Å². The molecule has 1 aromatic carbocycles. The second kappa shape index (κ2) is 9.33. The lowest BCUT2D eigenvalue weighted by Crippen LogP contribution is -2.43. The number of hydrogen-bond acceptors (Lipinski definition) is 4. The van der Waals surface area contributed by atoms with Crippen molar-refractivity contribution in [2.45, 2.75) is 52.7 Å². The summed E-state index contributed by atoms with van der Waals surface area (Å²) >= 11 is 0. The Hall–Kier alpha value is -1.65. The van der Waals surface area contributed by atoms with Gasteiger partial charge in [-0.3, -0.25) is 4.90 Å². The lowest BCUT2D eigenvalue weighted by Gasteiger charge is -2.32. The SMILES string of the molecule is CCC/C=C/c1cc(C(=O)OC(C)(C)C)ccc1CN1CCN(C)CC1. The Morgan fingerprint density at radius 1 is 1.19 bits per heavy atom. The van der Waals surface area contributed by atoms with Gasteiger partial charge in [0.05, 0.1) is 5.56 Å². The van der Waals surface area contributed by atoms with Crippen LogP contribution in [0.25, 0.3) is 6.08 Å². The lowest BCUT2D eigenvalue weighted by atomic mass is 10.0. The highest BCUT2D eigenvalue weighted by atomic mass is 16.6. The Labute approximate surface area is 158 Å². The highest BCUT2D eigenvalue weighted by molar-refractivity contribution is 5.90. The van der Waals surface area contributed by atoms with E-state index in [0.717, 1.165) is 51.1 Å². The summed E-state index contributed by atoms with van der Waals surface area (Å²) in [6.45, 7) is 13.2. The van der Waals surface area contributed by atoms with Crippen LogP contribution in [0.3, 0.4) is 0 Å². The Morgan fingerprint density at radius 2 is 1.88 bits per heavy atom. The zero-order valence-corrected chi connectivity index (χ0v) is 17.0. The Morgan fingerprint density at radius 3 is 2.50 bits per heavy atom. The maximum atomic E-state index is 12.4. The van der Waals surface area contributed by atoms with Crippen molar-refractivity contribution < 1.29 is 9.53 Å². The van der Waals surface area contributed by atoms with Crippen LogP contribution < -0.4 is 0 Å². The molecule has 4 nitrogen and oxygen atoms in total.